The summed E-state index contributed by atoms with van der Waals surface area (Å²) in [5, 5.41) is 3.83. The summed E-state index contributed by atoms with van der Waals surface area (Å²) in [5.74, 6) is -0.555. The quantitative estimate of drug-likeness (QED) is 0.772. The highest BCUT2D eigenvalue weighted by molar-refractivity contribution is 6.30. The lowest BCUT2D eigenvalue weighted by Crippen LogP contribution is -2.13. The topological polar surface area (TPSA) is 85.3 Å². The van der Waals surface area contributed by atoms with Gasteiger partial charge in [-0.15, -0.1) is 0 Å². The third-order valence-electron chi connectivity index (χ3n) is 2.95. The molecular weight excluding hydrogens is 290 g/mol. The third kappa shape index (κ3) is 2.95. The first-order chi connectivity index (χ1) is 10.1. The van der Waals surface area contributed by atoms with Gasteiger partial charge in [0.05, 0.1) is 17.3 Å². The van der Waals surface area contributed by atoms with Crippen LogP contribution in [-0.2, 0) is 6.54 Å². The molecule has 6 nitrogen and oxygen atoms in total. The normalized spacial score (nSPS) is 10.7. The smallest absolute Gasteiger partial charge is 0.267 e. The SMILES string of the molecule is NC(=O)c1cc(NCc2cn3cc(Cl)ccc3n2)ccn1. The summed E-state index contributed by atoms with van der Waals surface area (Å²) in [4.78, 5) is 19.4. The molecule has 1 amide bonds. The number of nitrogens with zero attached hydrogens (tertiary/aromatic N) is 3. The number of primary amides is 1. The average Bonchev–Trinajstić information content (AvgIpc) is 2.87. The second-order valence-electron chi connectivity index (χ2n) is 4.49. The molecule has 0 saturated carbocycles. The first-order valence-electron chi connectivity index (χ1n) is 6.25. The van der Waals surface area contributed by atoms with Gasteiger partial charge in [0.15, 0.2) is 0 Å². The molecule has 0 aliphatic carbocycles. The Balaban J connectivity index is 1.77. The first kappa shape index (κ1) is 13.4. The maximum absolute atomic E-state index is 11.1. The number of carbonyl (C=O) groups excluding carboxylic acids is 1. The van der Waals surface area contributed by atoms with E-state index in [2.05, 4.69) is 15.3 Å². The fraction of sp³-hybridized carbons (Fsp3) is 0.0714. The van der Waals surface area contributed by atoms with E-state index in [1.54, 1.807) is 24.4 Å². The third-order valence-corrected chi connectivity index (χ3v) is 3.17. The minimum absolute atomic E-state index is 0.224. The van der Waals surface area contributed by atoms with E-state index in [1.165, 1.54) is 6.20 Å². The van der Waals surface area contributed by atoms with Crippen molar-refractivity contribution < 1.29 is 4.79 Å². The summed E-state index contributed by atoms with van der Waals surface area (Å²) in [6.45, 7) is 0.515. The zero-order chi connectivity index (χ0) is 14.8. The number of hydrogen-bond acceptors (Lipinski definition) is 4. The van der Waals surface area contributed by atoms with E-state index < -0.39 is 5.91 Å². The second kappa shape index (κ2) is 5.41. The van der Waals surface area contributed by atoms with Crippen molar-refractivity contribution >= 4 is 28.8 Å². The lowest BCUT2D eigenvalue weighted by atomic mass is 10.3. The number of carbonyl (C=O) groups is 1. The number of halogens is 1. The van der Waals surface area contributed by atoms with Crippen LogP contribution in [0, 0.1) is 0 Å². The molecule has 3 aromatic heterocycles. The number of imidazole rings is 1. The summed E-state index contributed by atoms with van der Waals surface area (Å²) < 4.78 is 1.86. The van der Waals surface area contributed by atoms with Gasteiger partial charge in [-0.3, -0.25) is 9.78 Å². The van der Waals surface area contributed by atoms with Gasteiger partial charge in [-0.25, -0.2) is 4.98 Å². The van der Waals surface area contributed by atoms with E-state index in [9.17, 15) is 4.79 Å². The Morgan fingerprint density at radius 1 is 1.33 bits per heavy atom. The zero-order valence-corrected chi connectivity index (χ0v) is 11.7. The summed E-state index contributed by atoms with van der Waals surface area (Å²) in [5.41, 5.74) is 7.86. The van der Waals surface area contributed by atoms with Crippen molar-refractivity contribution in [1.29, 1.82) is 0 Å². The highest BCUT2D eigenvalue weighted by Gasteiger charge is 2.05. The van der Waals surface area contributed by atoms with Crippen LogP contribution in [-0.4, -0.2) is 20.3 Å². The van der Waals surface area contributed by atoms with Gasteiger partial charge < -0.3 is 15.5 Å². The van der Waals surface area contributed by atoms with Gasteiger partial charge in [0, 0.05) is 24.3 Å². The molecule has 3 heterocycles. The highest BCUT2D eigenvalue weighted by atomic mass is 35.5. The number of aromatic nitrogens is 3. The molecule has 0 aromatic carbocycles. The Labute approximate surface area is 125 Å². The number of anilines is 1. The largest absolute Gasteiger partial charge is 0.379 e. The van der Waals surface area contributed by atoms with Gasteiger partial charge in [0.2, 0.25) is 0 Å². The second-order valence-corrected chi connectivity index (χ2v) is 4.93. The fourth-order valence-electron chi connectivity index (χ4n) is 1.97. The lowest BCUT2D eigenvalue weighted by Gasteiger charge is -2.04. The molecule has 3 rings (SSSR count). The molecule has 0 atom stereocenters. The van der Waals surface area contributed by atoms with Crippen LogP contribution in [0.4, 0.5) is 5.69 Å². The number of fused-ring (bicyclic) bond motifs is 1. The van der Waals surface area contributed by atoms with Crippen molar-refractivity contribution in [2.24, 2.45) is 5.73 Å². The Hall–Kier alpha value is -2.60. The monoisotopic (exact) mass is 301 g/mol. The minimum atomic E-state index is -0.555. The number of hydrogen-bond donors (Lipinski definition) is 2. The van der Waals surface area contributed by atoms with E-state index in [4.69, 9.17) is 17.3 Å². The van der Waals surface area contributed by atoms with Gasteiger partial charge in [-0.1, -0.05) is 11.6 Å². The Kier molecular flexibility index (Phi) is 3.45. The van der Waals surface area contributed by atoms with Crippen molar-refractivity contribution in [1.82, 2.24) is 14.4 Å². The molecule has 7 heteroatoms. The van der Waals surface area contributed by atoms with Gasteiger partial charge in [-0.05, 0) is 24.3 Å². The molecular formula is C14H12ClN5O. The summed E-state index contributed by atoms with van der Waals surface area (Å²) in [7, 11) is 0. The van der Waals surface area contributed by atoms with Crippen LogP contribution in [0.15, 0.2) is 42.9 Å². The van der Waals surface area contributed by atoms with Crippen LogP contribution in [0.25, 0.3) is 5.65 Å². The van der Waals surface area contributed by atoms with Gasteiger partial charge in [0.1, 0.15) is 11.3 Å². The Morgan fingerprint density at radius 2 is 2.19 bits per heavy atom. The molecule has 106 valence electrons. The van der Waals surface area contributed by atoms with E-state index in [1.807, 2.05) is 16.7 Å². The molecule has 0 fully saturated rings. The molecule has 0 saturated heterocycles. The van der Waals surface area contributed by atoms with Crippen molar-refractivity contribution in [3.8, 4) is 0 Å². The van der Waals surface area contributed by atoms with E-state index >= 15 is 0 Å². The molecule has 0 spiro atoms. The van der Waals surface area contributed by atoms with E-state index in [0.717, 1.165) is 17.0 Å². The minimum Gasteiger partial charge on any atom is -0.379 e. The number of pyridine rings is 2. The predicted octanol–water partition coefficient (Wildman–Crippen LogP) is 2.09. The van der Waals surface area contributed by atoms with Crippen LogP contribution in [0.3, 0.4) is 0 Å². The maximum Gasteiger partial charge on any atom is 0.267 e. The van der Waals surface area contributed by atoms with Crippen LogP contribution < -0.4 is 11.1 Å². The van der Waals surface area contributed by atoms with Crippen molar-refractivity contribution in [2.75, 3.05) is 5.32 Å². The Morgan fingerprint density at radius 3 is 3.00 bits per heavy atom. The molecule has 3 aromatic rings. The molecule has 0 bridgehead atoms. The van der Waals surface area contributed by atoms with Crippen molar-refractivity contribution in [3.05, 3.63) is 59.3 Å². The van der Waals surface area contributed by atoms with Crippen LogP contribution >= 0.6 is 11.6 Å². The van der Waals surface area contributed by atoms with Gasteiger partial charge in [-0.2, -0.15) is 0 Å². The van der Waals surface area contributed by atoms with Crippen molar-refractivity contribution in [2.45, 2.75) is 6.54 Å². The standard InChI is InChI=1S/C14H12ClN5O/c15-9-1-2-13-19-11(8-20(13)7-9)6-18-10-3-4-17-12(5-10)14(16)21/h1-5,7-8H,6H2,(H2,16,21)(H,17,18). The lowest BCUT2D eigenvalue weighted by molar-refractivity contribution is 0.0995. The maximum atomic E-state index is 11.1. The van der Waals surface area contributed by atoms with Crippen LogP contribution in [0.1, 0.15) is 16.2 Å². The van der Waals surface area contributed by atoms with Crippen molar-refractivity contribution in [3.63, 3.8) is 0 Å². The molecule has 21 heavy (non-hydrogen) atoms. The summed E-state index contributed by atoms with van der Waals surface area (Å²) in [6, 6.07) is 7.01. The van der Waals surface area contributed by atoms with Gasteiger partial charge >= 0.3 is 0 Å². The molecule has 0 aliphatic heterocycles. The van der Waals surface area contributed by atoms with E-state index in [-0.39, 0.29) is 5.69 Å². The number of nitrogens with one attached hydrogen (secondary N) is 1. The molecule has 3 N–H and O–H groups in total. The molecule has 0 radical (unpaired) electrons. The average molecular weight is 302 g/mol. The number of nitrogens with two attached hydrogens (primary N) is 1. The van der Waals surface area contributed by atoms with Gasteiger partial charge in [0.25, 0.3) is 5.91 Å². The first-order valence-corrected chi connectivity index (χ1v) is 6.62. The summed E-state index contributed by atoms with van der Waals surface area (Å²) >= 11 is 5.93. The highest BCUT2D eigenvalue weighted by Crippen LogP contribution is 2.13. The number of amides is 1. The molecule has 0 aliphatic rings. The molecule has 0 unspecified atom stereocenters. The zero-order valence-electron chi connectivity index (χ0n) is 11.0. The van der Waals surface area contributed by atoms with Crippen LogP contribution in [0.2, 0.25) is 5.02 Å². The number of rotatable bonds is 4. The summed E-state index contributed by atoms with van der Waals surface area (Å²) in [6.07, 6.45) is 5.22. The van der Waals surface area contributed by atoms with E-state index in [0.29, 0.717) is 11.6 Å². The predicted molar refractivity (Wildman–Crippen MR) is 80.3 cm³/mol. The Bertz CT molecular complexity index is 814. The fourth-order valence-corrected chi connectivity index (χ4v) is 2.14. The van der Waals surface area contributed by atoms with Crippen LogP contribution in [0.5, 0.6) is 0 Å².